The first-order chi connectivity index (χ1) is 13.1. The number of amides is 1. The van der Waals surface area contributed by atoms with E-state index in [1.165, 1.54) is 0 Å². The van der Waals surface area contributed by atoms with E-state index in [0.717, 1.165) is 43.6 Å². The van der Waals surface area contributed by atoms with E-state index in [0.29, 0.717) is 24.7 Å². The smallest absolute Gasteiger partial charge is 0.272 e. The van der Waals surface area contributed by atoms with Crippen LogP contribution in [-0.4, -0.2) is 90.2 Å². The SMILES string of the molecule is CN1CCN(C[C@@H]2CN(C(=O)c3ccc4ccccc4n3)C[C@@H]2CO)CC1. The highest BCUT2D eigenvalue weighted by molar-refractivity contribution is 5.95. The monoisotopic (exact) mass is 368 g/mol. The Kier molecular flexibility index (Phi) is 5.38. The molecule has 4 rings (SSSR count). The summed E-state index contributed by atoms with van der Waals surface area (Å²) in [6.45, 7) is 6.69. The second-order valence-electron chi connectivity index (χ2n) is 7.91. The second kappa shape index (κ2) is 7.92. The molecule has 0 spiro atoms. The van der Waals surface area contributed by atoms with Crippen LogP contribution in [0.4, 0.5) is 0 Å². The highest BCUT2D eigenvalue weighted by atomic mass is 16.3. The van der Waals surface area contributed by atoms with E-state index in [1.807, 2.05) is 41.3 Å². The summed E-state index contributed by atoms with van der Waals surface area (Å²) in [5.74, 6) is 0.442. The molecule has 2 aliphatic heterocycles. The van der Waals surface area contributed by atoms with Crippen molar-refractivity contribution in [2.45, 2.75) is 0 Å². The third-order valence-corrected chi connectivity index (χ3v) is 6.00. The number of hydrogen-bond donors (Lipinski definition) is 1. The molecule has 1 aromatic heterocycles. The number of nitrogens with zero attached hydrogens (tertiary/aromatic N) is 4. The second-order valence-corrected chi connectivity index (χ2v) is 7.91. The number of aliphatic hydroxyl groups is 1. The number of carbonyl (C=O) groups is 1. The zero-order valence-electron chi connectivity index (χ0n) is 15.9. The lowest BCUT2D eigenvalue weighted by atomic mass is 9.96. The van der Waals surface area contributed by atoms with E-state index in [-0.39, 0.29) is 18.4 Å². The van der Waals surface area contributed by atoms with Crippen LogP contribution in [0, 0.1) is 11.8 Å². The Bertz CT molecular complexity index is 804. The molecule has 0 aliphatic carbocycles. The van der Waals surface area contributed by atoms with E-state index in [2.05, 4.69) is 21.8 Å². The molecule has 6 nitrogen and oxygen atoms in total. The normalized spacial score (nSPS) is 24.6. The number of benzene rings is 1. The molecule has 2 fully saturated rings. The van der Waals surface area contributed by atoms with E-state index >= 15 is 0 Å². The number of para-hydroxylation sites is 1. The van der Waals surface area contributed by atoms with Gasteiger partial charge in [-0.1, -0.05) is 24.3 Å². The van der Waals surface area contributed by atoms with Gasteiger partial charge < -0.3 is 19.8 Å². The van der Waals surface area contributed by atoms with Gasteiger partial charge in [-0.2, -0.15) is 0 Å². The molecule has 3 heterocycles. The van der Waals surface area contributed by atoms with Crippen molar-refractivity contribution < 1.29 is 9.90 Å². The van der Waals surface area contributed by atoms with Gasteiger partial charge in [0.2, 0.25) is 0 Å². The van der Waals surface area contributed by atoms with Gasteiger partial charge in [0.25, 0.3) is 5.91 Å². The number of aromatic nitrogens is 1. The molecule has 2 atom stereocenters. The Balaban J connectivity index is 1.44. The molecule has 1 amide bonds. The molecular weight excluding hydrogens is 340 g/mol. The summed E-state index contributed by atoms with van der Waals surface area (Å²) in [4.78, 5) is 24.2. The van der Waals surface area contributed by atoms with Crippen molar-refractivity contribution in [1.29, 1.82) is 0 Å². The first-order valence-electron chi connectivity index (χ1n) is 9.81. The number of fused-ring (bicyclic) bond motifs is 1. The fourth-order valence-corrected chi connectivity index (χ4v) is 4.23. The zero-order valence-corrected chi connectivity index (χ0v) is 15.9. The number of likely N-dealkylation sites (tertiary alicyclic amines) is 1. The Morgan fingerprint density at radius 3 is 2.59 bits per heavy atom. The topological polar surface area (TPSA) is 59.9 Å². The van der Waals surface area contributed by atoms with Gasteiger partial charge in [-0.15, -0.1) is 0 Å². The van der Waals surface area contributed by atoms with Gasteiger partial charge in [-0.25, -0.2) is 4.98 Å². The van der Waals surface area contributed by atoms with Crippen LogP contribution >= 0.6 is 0 Å². The molecular formula is C21H28N4O2. The van der Waals surface area contributed by atoms with Gasteiger partial charge in [0.1, 0.15) is 5.69 Å². The number of piperazine rings is 1. The van der Waals surface area contributed by atoms with Crippen molar-refractivity contribution in [2.24, 2.45) is 11.8 Å². The predicted octanol–water partition coefficient (Wildman–Crippen LogP) is 1.16. The summed E-state index contributed by atoms with van der Waals surface area (Å²) < 4.78 is 0. The Morgan fingerprint density at radius 2 is 1.81 bits per heavy atom. The summed E-state index contributed by atoms with van der Waals surface area (Å²) in [6.07, 6.45) is 0. The molecule has 144 valence electrons. The molecule has 0 unspecified atom stereocenters. The minimum atomic E-state index is -0.0277. The first-order valence-corrected chi connectivity index (χ1v) is 9.81. The number of pyridine rings is 1. The van der Waals surface area contributed by atoms with Gasteiger partial charge in [0.15, 0.2) is 0 Å². The lowest BCUT2D eigenvalue weighted by Gasteiger charge is -2.34. The van der Waals surface area contributed by atoms with E-state index in [1.54, 1.807) is 0 Å². The van der Waals surface area contributed by atoms with Gasteiger partial charge in [0, 0.05) is 63.7 Å². The van der Waals surface area contributed by atoms with Gasteiger partial charge in [0.05, 0.1) is 5.52 Å². The summed E-state index contributed by atoms with van der Waals surface area (Å²) in [5, 5.41) is 10.9. The largest absolute Gasteiger partial charge is 0.396 e. The average molecular weight is 368 g/mol. The lowest BCUT2D eigenvalue weighted by molar-refractivity contribution is 0.0771. The Morgan fingerprint density at radius 1 is 1.07 bits per heavy atom. The van der Waals surface area contributed by atoms with Crippen molar-refractivity contribution >= 4 is 16.8 Å². The maximum absolute atomic E-state index is 13.0. The van der Waals surface area contributed by atoms with Gasteiger partial charge in [-0.3, -0.25) is 4.79 Å². The summed E-state index contributed by atoms with van der Waals surface area (Å²) >= 11 is 0. The molecule has 0 saturated carbocycles. The molecule has 2 saturated heterocycles. The van der Waals surface area contributed by atoms with Crippen LogP contribution in [0.1, 0.15) is 10.5 Å². The summed E-state index contributed by atoms with van der Waals surface area (Å²) in [7, 11) is 2.15. The van der Waals surface area contributed by atoms with Crippen molar-refractivity contribution in [3.8, 4) is 0 Å². The molecule has 6 heteroatoms. The Hall–Kier alpha value is -2.02. The fraction of sp³-hybridized carbons (Fsp3) is 0.524. The van der Waals surface area contributed by atoms with Crippen molar-refractivity contribution in [2.75, 3.05) is 59.5 Å². The molecule has 2 aliphatic rings. The van der Waals surface area contributed by atoms with Crippen LogP contribution in [0.15, 0.2) is 36.4 Å². The fourth-order valence-electron chi connectivity index (χ4n) is 4.23. The maximum Gasteiger partial charge on any atom is 0.272 e. The van der Waals surface area contributed by atoms with Gasteiger partial charge >= 0.3 is 0 Å². The van der Waals surface area contributed by atoms with E-state index in [4.69, 9.17) is 0 Å². The first kappa shape index (κ1) is 18.3. The summed E-state index contributed by atoms with van der Waals surface area (Å²) in [6, 6.07) is 11.6. The minimum absolute atomic E-state index is 0.0277. The highest BCUT2D eigenvalue weighted by Gasteiger charge is 2.36. The maximum atomic E-state index is 13.0. The quantitative estimate of drug-likeness (QED) is 0.878. The van der Waals surface area contributed by atoms with Crippen molar-refractivity contribution in [3.05, 3.63) is 42.1 Å². The predicted molar refractivity (Wildman–Crippen MR) is 106 cm³/mol. The number of rotatable bonds is 4. The highest BCUT2D eigenvalue weighted by Crippen LogP contribution is 2.26. The molecule has 27 heavy (non-hydrogen) atoms. The van der Waals surface area contributed by atoms with Crippen LogP contribution in [0.3, 0.4) is 0 Å². The van der Waals surface area contributed by atoms with Crippen LogP contribution in [-0.2, 0) is 0 Å². The zero-order chi connectivity index (χ0) is 18.8. The average Bonchev–Trinajstić information content (AvgIpc) is 3.11. The number of aliphatic hydroxyl groups excluding tert-OH is 1. The molecule has 0 radical (unpaired) electrons. The van der Waals surface area contributed by atoms with Crippen LogP contribution < -0.4 is 0 Å². The summed E-state index contributed by atoms with van der Waals surface area (Å²) in [5.41, 5.74) is 1.33. The van der Waals surface area contributed by atoms with E-state index in [9.17, 15) is 9.90 Å². The Labute approximate surface area is 160 Å². The lowest BCUT2D eigenvalue weighted by Crippen LogP contribution is -2.47. The third-order valence-electron chi connectivity index (χ3n) is 6.00. The standard InChI is InChI=1S/C21H28N4O2/c1-23-8-10-24(11-9-23)12-17-13-25(14-18(17)15-26)21(27)20-7-6-16-4-2-3-5-19(16)22-20/h2-7,17-18,26H,8-15H2,1H3/t17-,18-/m1/s1. The molecule has 1 aromatic carbocycles. The third kappa shape index (κ3) is 3.98. The molecule has 1 N–H and O–H groups in total. The minimum Gasteiger partial charge on any atom is -0.396 e. The van der Waals surface area contributed by atoms with Crippen LogP contribution in [0.5, 0.6) is 0 Å². The number of likely N-dealkylation sites (N-methyl/N-ethyl adjacent to an activating group) is 1. The van der Waals surface area contributed by atoms with Gasteiger partial charge in [-0.05, 0) is 25.1 Å². The van der Waals surface area contributed by atoms with E-state index < -0.39 is 0 Å². The van der Waals surface area contributed by atoms with Crippen molar-refractivity contribution in [3.63, 3.8) is 0 Å². The number of carbonyl (C=O) groups excluding carboxylic acids is 1. The van der Waals surface area contributed by atoms with Crippen LogP contribution in [0.25, 0.3) is 10.9 Å². The molecule has 0 bridgehead atoms. The van der Waals surface area contributed by atoms with Crippen LogP contribution in [0.2, 0.25) is 0 Å². The number of hydrogen-bond acceptors (Lipinski definition) is 5. The molecule has 2 aromatic rings. The van der Waals surface area contributed by atoms with Crippen molar-refractivity contribution in [1.82, 2.24) is 19.7 Å².